The molecule has 4 heteroatoms. The van der Waals surface area contributed by atoms with Crippen LogP contribution in [0.2, 0.25) is 0 Å². The second kappa shape index (κ2) is 10.6. The highest BCUT2D eigenvalue weighted by Crippen LogP contribution is 2.42. The molecule has 3 heterocycles. The van der Waals surface area contributed by atoms with E-state index in [1.165, 1.54) is 64.2 Å². The van der Waals surface area contributed by atoms with Crippen LogP contribution in [0.4, 0.5) is 0 Å². The second-order valence-electron chi connectivity index (χ2n) is 9.23. The molecule has 0 N–H and O–H groups in total. The maximum atomic E-state index is 4.82. The molecule has 0 saturated carbocycles. The van der Waals surface area contributed by atoms with Gasteiger partial charge in [0.15, 0.2) is 0 Å². The molecule has 39 heavy (non-hydrogen) atoms. The standard InChI is InChI=1S/C33H24N2S2.C2H6/c1-3-10-25-21(2)36-33-31(25)34-37-32(33)23-19-17-22(18-20-23)26-14-9-16-29-30(26)27-13-7-8-15-28(27)35(29)24-11-5-4-6-12-24;1-2/h3-20H,1-2H3;1-2H3/b10-3-;. The smallest absolute Gasteiger partial charge is 0.103 e. The predicted molar refractivity (Wildman–Crippen MR) is 174 cm³/mol. The molecule has 0 aliphatic carbocycles. The summed E-state index contributed by atoms with van der Waals surface area (Å²) in [6.07, 6.45) is 4.27. The Hall–Kier alpha value is -3.99. The molecule has 0 fully saturated rings. The molecular formula is C35H30N2S2. The lowest BCUT2D eigenvalue weighted by atomic mass is 9.98. The van der Waals surface area contributed by atoms with Gasteiger partial charge in [-0.05, 0) is 66.3 Å². The zero-order valence-electron chi connectivity index (χ0n) is 22.6. The van der Waals surface area contributed by atoms with Crippen LogP contribution in [0.15, 0.2) is 103 Å². The third-order valence-corrected chi connectivity index (χ3v) is 9.20. The van der Waals surface area contributed by atoms with Gasteiger partial charge in [-0.3, -0.25) is 0 Å². The Morgan fingerprint density at radius 2 is 1.44 bits per heavy atom. The molecule has 7 aromatic rings. The van der Waals surface area contributed by atoms with E-state index in [1.54, 1.807) is 11.5 Å². The molecule has 2 nitrogen and oxygen atoms in total. The number of fused-ring (bicyclic) bond motifs is 4. The molecule has 0 aliphatic heterocycles. The minimum absolute atomic E-state index is 1.13. The van der Waals surface area contributed by atoms with Crippen molar-refractivity contribution in [3.8, 4) is 27.3 Å². The van der Waals surface area contributed by atoms with Crippen molar-refractivity contribution in [2.45, 2.75) is 27.7 Å². The number of thiophene rings is 1. The summed E-state index contributed by atoms with van der Waals surface area (Å²) in [5.74, 6) is 0. The van der Waals surface area contributed by atoms with Crippen LogP contribution in [-0.2, 0) is 0 Å². The van der Waals surface area contributed by atoms with Gasteiger partial charge in [-0.2, -0.15) is 4.37 Å². The van der Waals surface area contributed by atoms with Crippen molar-refractivity contribution in [1.29, 1.82) is 0 Å². The third kappa shape index (κ3) is 4.21. The number of aromatic nitrogens is 2. The third-order valence-electron chi connectivity index (χ3n) is 7.04. The van der Waals surface area contributed by atoms with Crippen molar-refractivity contribution < 1.29 is 0 Å². The van der Waals surface area contributed by atoms with Crippen LogP contribution in [-0.4, -0.2) is 8.94 Å². The minimum Gasteiger partial charge on any atom is -0.309 e. The number of benzene rings is 4. The van der Waals surface area contributed by atoms with Gasteiger partial charge in [0.2, 0.25) is 0 Å². The largest absolute Gasteiger partial charge is 0.309 e. The van der Waals surface area contributed by atoms with Gasteiger partial charge in [0, 0.05) is 26.9 Å². The van der Waals surface area contributed by atoms with Crippen molar-refractivity contribution in [2.24, 2.45) is 0 Å². The van der Waals surface area contributed by atoms with E-state index in [0.29, 0.717) is 0 Å². The molecule has 0 atom stereocenters. The fourth-order valence-corrected chi connectivity index (χ4v) is 7.52. The van der Waals surface area contributed by atoms with Crippen LogP contribution in [0, 0.1) is 6.92 Å². The lowest BCUT2D eigenvalue weighted by Gasteiger charge is -2.09. The molecule has 0 bridgehead atoms. The Morgan fingerprint density at radius 3 is 2.21 bits per heavy atom. The van der Waals surface area contributed by atoms with Crippen molar-refractivity contribution in [3.63, 3.8) is 0 Å². The quantitative estimate of drug-likeness (QED) is 0.216. The number of allylic oxidation sites excluding steroid dienone is 1. The molecule has 3 aromatic heterocycles. The average Bonchev–Trinajstić information content (AvgIpc) is 3.65. The number of para-hydroxylation sites is 2. The Balaban J connectivity index is 0.00000135. The molecule has 0 aliphatic rings. The summed E-state index contributed by atoms with van der Waals surface area (Å²) in [4.78, 5) is 2.58. The first kappa shape index (κ1) is 25.3. The van der Waals surface area contributed by atoms with E-state index in [9.17, 15) is 0 Å². The topological polar surface area (TPSA) is 17.8 Å². The monoisotopic (exact) mass is 542 g/mol. The maximum Gasteiger partial charge on any atom is 0.103 e. The number of nitrogens with zero attached hydrogens (tertiary/aromatic N) is 2. The van der Waals surface area contributed by atoms with E-state index in [0.717, 1.165) is 5.52 Å². The van der Waals surface area contributed by atoms with Gasteiger partial charge >= 0.3 is 0 Å². The van der Waals surface area contributed by atoms with Crippen LogP contribution >= 0.6 is 22.9 Å². The Morgan fingerprint density at radius 1 is 0.744 bits per heavy atom. The SMILES string of the molecule is C/C=C\c1c(C)sc2c(-c3ccc(-c4cccc5c4c4ccccc4n5-c4ccccc4)cc3)snc12.CC. The number of aryl methyl sites for hydroxylation is 1. The number of hydrogen-bond acceptors (Lipinski definition) is 3. The Labute approximate surface area is 237 Å². The summed E-state index contributed by atoms with van der Waals surface area (Å²) in [7, 11) is 0. The molecule has 0 unspecified atom stereocenters. The zero-order valence-corrected chi connectivity index (χ0v) is 24.2. The van der Waals surface area contributed by atoms with Gasteiger partial charge in [0.1, 0.15) is 5.52 Å². The van der Waals surface area contributed by atoms with Gasteiger partial charge in [-0.1, -0.05) is 98.8 Å². The van der Waals surface area contributed by atoms with Crippen molar-refractivity contribution in [2.75, 3.05) is 0 Å². The Kier molecular flexibility index (Phi) is 6.90. The fourth-order valence-electron chi connectivity index (χ4n) is 5.39. The van der Waals surface area contributed by atoms with Crippen LogP contribution < -0.4 is 0 Å². The first-order valence-electron chi connectivity index (χ1n) is 13.4. The van der Waals surface area contributed by atoms with Crippen LogP contribution in [0.1, 0.15) is 31.2 Å². The molecule has 0 spiro atoms. The van der Waals surface area contributed by atoms with Gasteiger partial charge in [-0.15, -0.1) is 11.3 Å². The van der Waals surface area contributed by atoms with E-state index < -0.39 is 0 Å². The first-order chi connectivity index (χ1) is 19.2. The van der Waals surface area contributed by atoms with E-state index in [1.807, 2.05) is 25.2 Å². The van der Waals surface area contributed by atoms with E-state index >= 15 is 0 Å². The predicted octanol–water partition coefficient (Wildman–Crippen LogP) is 11.2. The molecule has 192 valence electrons. The van der Waals surface area contributed by atoms with Gasteiger partial charge < -0.3 is 4.57 Å². The summed E-state index contributed by atoms with van der Waals surface area (Å²) < 4.78 is 8.48. The Bertz CT molecular complexity index is 1930. The number of hydrogen-bond donors (Lipinski definition) is 0. The molecule has 0 amide bonds. The summed E-state index contributed by atoms with van der Waals surface area (Å²) in [5, 5.41) is 2.57. The molecular weight excluding hydrogens is 513 g/mol. The summed E-state index contributed by atoms with van der Waals surface area (Å²) in [6.45, 7) is 8.25. The lowest BCUT2D eigenvalue weighted by molar-refractivity contribution is 1.18. The van der Waals surface area contributed by atoms with E-state index in [-0.39, 0.29) is 0 Å². The summed E-state index contributed by atoms with van der Waals surface area (Å²) in [5.41, 5.74) is 9.72. The minimum atomic E-state index is 1.13. The second-order valence-corrected chi connectivity index (χ2v) is 11.2. The molecule has 4 aromatic carbocycles. The summed E-state index contributed by atoms with van der Waals surface area (Å²) >= 11 is 3.45. The highest BCUT2D eigenvalue weighted by molar-refractivity contribution is 7.24. The van der Waals surface area contributed by atoms with Crippen LogP contribution in [0.5, 0.6) is 0 Å². The lowest BCUT2D eigenvalue weighted by Crippen LogP contribution is -1.92. The van der Waals surface area contributed by atoms with Crippen LogP contribution in [0.25, 0.3) is 65.4 Å². The first-order valence-corrected chi connectivity index (χ1v) is 15.0. The van der Waals surface area contributed by atoms with Crippen molar-refractivity contribution in [3.05, 3.63) is 114 Å². The average molecular weight is 543 g/mol. The normalized spacial score (nSPS) is 11.5. The van der Waals surface area contributed by atoms with Gasteiger partial charge in [0.25, 0.3) is 0 Å². The van der Waals surface area contributed by atoms with Crippen LogP contribution in [0.3, 0.4) is 0 Å². The van der Waals surface area contributed by atoms with Gasteiger partial charge in [-0.25, -0.2) is 0 Å². The number of rotatable bonds is 4. The molecule has 7 rings (SSSR count). The van der Waals surface area contributed by atoms with Crippen molar-refractivity contribution in [1.82, 2.24) is 8.94 Å². The summed E-state index contributed by atoms with van der Waals surface area (Å²) in [6, 6.07) is 35.0. The van der Waals surface area contributed by atoms with Gasteiger partial charge in [0.05, 0.1) is 20.6 Å². The van der Waals surface area contributed by atoms with E-state index in [4.69, 9.17) is 4.37 Å². The maximum absolute atomic E-state index is 4.82. The van der Waals surface area contributed by atoms with E-state index in [2.05, 4.69) is 128 Å². The molecule has 0 radical (unpaired) electrons. The zero-order chi connectivity index (χ0) is 26.9. The highest BCUT2D eigenvalue weighted by atomic mass is 32.1. The highest BCUT2D eigenvalue weighted by Gasteiger charge is 2.18. The van der Waals surface area contributed by atoms with Crippen molar-refractivity contribution >= 4 is 61.0 Å². The molecule has 0 saturated heterocycles. The fraction of sp³-hybridized carbons (Fsp3) is 0.114.